The maximum atomic E-state index is 12.0. The zero-order valence-corrected chi connectivity index (χ0v) is 11.8. The van der Waals surface area contributed by atoms with E-state index < -0.39 is 0 Å². The molecule has 100 valence electrons. The molecule has 3 heteroatoms. The molecule has 2 atom stereocenters. The molecule has 0 heterocycles. The first-order valence-electron chi connectivity index (χ1n) is 6.77. The van der Waals surface area contributed by atoms with Crippen LogP contribution in [0.1, 0.15) is 59.8 Å². The molecule has 1 aliphatic rings. The van der Waals surface area contributed by atoms with Crippen molar-refractivity contribution in [1.29, 1.82) is 0 Å². The molecule has 17 heavy (non-hydrogen) atoms. The van der Waals surface area contributed by atoms with Crippen LogP contribution in [0.5, 0.6) is 0 Å². The van der Waals surface area contributed by atoms with Crippen molar-refractivity contribution >= 4 is 5.91 Å². The largest absolute Gasteiger partial charge is 0.349 e. The van der Waals surface area contributed by atoms with Gasteiger partial charge in [-0.3, -0.25) is 4.79 Å². The number of carbonyl (C=O) groups excluding carboxylic acids is 1. The zero-order valence-electron chi connectivity index (χ0n) is 11.8. The third-order valence-electron chi connectivity index (χ3n) is 3.58. The molecule has 3 N–H and O–H groups in total. The zero-order chi connectivity index (χ0) is 13.1. The first kappa shape index (κ1) is 14.5. The smallest absolute Gasteiger partial charge is 0.220 e. The minimum atomic E-state index is -0.139. The van der Waals surface area contributed by atoms with Gasteiger partial charge in [-0.25, -0.2) is 0 Å². The van der Waals surface area contributed by atoms with Crippen LogP contribution in [0.3, 0.4) is 0 Å². The quantitative estimate of drug-likeness (QED) is 0.796. The Bertz CT molecular complexity index is 270. The summed E-state index contributed by atoms with van der Waals surface area (Å²) in [6, 6.07) is 0. The van der Waals surface area contributed by atoms with Crippen molar-refractivity contribution in [3.05, 3.63) is 0 Å². The molecule has 0 aromatic heterocycles. The molecular formula is C14H28N2O. The number of nitrogens with two attached hydrogens (primary N) is 1. The van der Waals surface area contributed by atoms with Gasteiger partial charge in [0, 0.05) is 13.0 Å². The number of amides is 1. The third-order valence-corrected chi connectivity index (χ3v) is 3.58. The summed E-state index contributed by atoms with van der Waals surface area (Å²) in [7, 11) is 0. The van der Waals surface area contributed by atoms with Gasteiger partial charge in [-0.15, -0.1) is 0 Å². The predicted molar refractivity (Wildman–Crippen MR) is 71.6 cm³/mol. The fourth-order valence-corrected chi connectivity index (χ4v) is 2.83. The van der Waals surface area contributed by atoms with E-state index in [9.17, 15) is 4.79 Å². The van der Waals surface area contributed by atoms with Gasteiger partial charge in [0.2, 0.25) is 5.91 Å². The monoisotopic (exact) mass is 240 g/mol. The Kier molecular flexibility index (Phi) is 4.59. The standard InChI is InChI=1S/C14H28N2O/c1-11-6-5-7-14(8-11,10-15)16-12(17)9-13(2,3)4/h11H,5-10,15H2,1-4H3,(H,16,17). The van der Waals surface area contributed by atoms with Crippen LogP contribution in [0.15, 0.2) is 0 Å². The first-order valence-corrected chi connectivity index (χ1v) is 6.77. The second-order valence-electron chi connectivity index (χ2n) is 6.97. The summed E-state index contributed by atoms with van der Waals surface area (Å²) in [4.78, 5) is 12.0. The number of nitrogens with one attached hydrogen (secondary N) is 1. The second-order valence-corrected chi connectivity index (χ2v) is 6.97. The highest BCUT2D eigenvalue weighted by atomic mass is 16.1. The maximum Gasteiger partial charge on any atom is 0.220 e. The van der Waals surface area contributed by atoms with Gasteiger partial charge in [-0.05, 0) is 24.2 Å². The molecule has 0 saturated heterocycles. The van der Waals surface area contributed by atoms with Crippen LogP contribution >= 0.6 is 0 Å². The fraction of sp³-hybridized carbons (Fsp3) is 0.929. The van der Waals surface area contributed by atoms with Gasteiger partial charge in [-0.1, -0.05) is 40.5 Å². The molecule has 0 aromatic carbocycles. The Balaban J connectivity index is 2.59. The van der Waals surface area contributed by atoms with Gasteiger partial charge >= 0.3 is 0 Å². The molecule has 1 fully saturated rings. The lowest BCUT2D eigenvalue weighted by molar-refractivity contribution is -0.125. The van der Waals surface area contributed by atoms with Gasteiger partial charge in [0.15, 0.2) is 0 Å². The lowest BCUT2D eigenvalue weighted by Gasteiger charge is -2.40. The molecule has 0 aromatic rings. The average Bonchev–Trinajstić information content (AvgIpc) is 2.14. The number of hydrogen-bond acceptors (Lipinski definition) is 2. The molecule has 0 bridgehead atoms. The van der Waals surface area contributed by atoms with Crippen molar-refractivity contribution in [2.24, 2.45) is 17.1 Å². The summed E-state index contributed by atoms with van der Waals surface area (Å²) in [6.45, 7) is 9.08. The minimum absolute atomic E-state index is 0.0418. The summed E-state index contributed by atoms with van der Waals surface area (Å²) < 4.78 is 0. The molecule has 0 spiro atoms. The Morgan fingerprint density at radius 1 is 1.47 bits per heavy atom. The molecule has 1 aliphatic carbocycles. The number of rotatable bonds is 3. The molecule has 3 nitrogen and oxygen atoms in total. The van der Waals surface area contributed by atoms with Crippen molar-refractivity contribution in [2.75, 3.05) is 6.54 Å². The van der Waals surface area contributed by atoms with E-state index in [1.165, 1.54) is 12.8 Å². The van der Waals surface area contributed by atoms with E-state index in [2.05, 4.69) is 33.0 Å². The summed E-state index contributed by atoms with van der Waals surface area (Å²) in [5, 5.41) is 3.21. The molecular weight excluding hydrogens is 212 g/mol. The van der Waals surface area contributed by atoms with Crippen LogP contribution in [0.2, 0.25) is 0 Å². The summed E-state index contributed by atoms with van der Waals surface area (Å²) in [5.41, 5.74) is 5.80. The van der Waals surface area contributed by atoms with E-state index in [-0.39, 0.29) is 16.9 Å². The SMILES string of the molecule is CC1CCCC(CN)(NC(=O)CC(C)(C)C)C1. The fourth-order valence-electron chi connectivity index (χ4n) is 2.83. The summed E-state index contributed by atoms with van der Waals surface area (Å²) >= 11 is 0. The highest BCUT2D eigenvalue weighted by molar-refractivity contribution is 5.77. The molecule has 0 radical (unpaired) electrons. The molecule has 1 rings (SSSR count). The normalized spacial score (nSPS) is 30.1. The Morgan fingerprint density at radius 2 is 2.12 bits per heavy atom. The maximum absolute atomic E-state index is 12.0. The van der Waals surface area contributed by atoms with E-state index in [0.29, 0.717) is 18.9 Å². The van der Waals surface area contributed by atoms with Crippen LogP contribution in [0, 0.1) is 11.3 Å². The average molecular weight is 240 g/mol. The van der Waals surface area contributed by atoms with Crippen LogP contribution in [-0.2, 0) is 4.79 Å². The van der Waals surface area contributed by atoms with E-state index >= 15 is 0 Å². The lowest BCUT2D eigenvalue weighted by atomic mass is 9.76. The highest BCUT2D eigenvalue weighted by Gasteiger charge is 2.35. The van der Waals surface area contributed by atoms with E-state index in [1.807, 2.05) is 0 Å². The van der Waals surface area contributed by atoms with Gasteiger partial charge in [0.05, 0.1) is 5.54 Å². The van der Waals surface area contributed by atoms with E-state index in [0.717, 1.165) is 12.8 Å². The Hall–Kier alpha value is -0.570. The van der Waals surface area contributed by atoms with E-state index in [4.69, 9.17) is 5.73 Å². The van der Waals surface area contributed by atoms with Gasteiger partial charge in [0.25, 0.3) is 0 Å². The van der Waals surface area contributed by atoms with Crippen molar-refractivity contribution in [3.8, 4) is 0 Å². The van der Waals surface area contributed by atoms with Crippen LogP contribution in [0.25, 0.3) is 0 Å². The van der Waals surface area contributed by atoms with Crippen molar-refractivity contribution < 1.29 is 4.79 Å². The second kappa shape index (κ2) is 5.38. The minimum Gasteiger partial charge on any atom is -0.349 e. The highest BCUT2D eigenvalue weighted by Crippen LogP contribution is 2.32. The van der Waals surface area contributed by atoms with Crippen molar-refractivity contribution in [3.63, 3.8) is 0 Å². The van der Waals surface area contributed by atoms with Crippen LogP contribution in [0.4, 0.5) is 0 Å². The summed E-state index contributed by atoms with van der Waals surface area (Å²) in [5.74, 6) is 0.819. The van der Waals surface area contributed by atoms with Crippen molar-refractivity contribution in [2.45, 2.75) is 65.3 Å². The first-order chi connectivity index (χ1) is 7.76. The lowest BCUT2D eigenvalue weighted by Crippen LogP contribution is -2.56. The van der Waals surface area contributed by atoms with E-state index in [1.54, 1.807) is 0 Å². The molecule has 0 aliphatic heterocycles. The molecule has 2 unspecified atom stereocenters. The van der Waals surface area contributed by atoms with Gasteiger partial charge in [0.1, 0.15) is 0 Å². The van der Waals surface area contributed by atoms with Gasteiger partial charge in [-0.2, -0.15) is 0 Å². The van der Waals surface area contributed by atoms with Crippen LogP contribution < -0.4 is 11.1 Å². The topological polar surface area (TPSA) is 55.1 Å². The predicted octanol–water partition coefficient (Wildman–Crippen LogP) is 2.45. The number of carbonyl (C=O) groups is 1. The van der Waals surface area contributed by atoms with Gasteiger partial charge < -0.3 is 11.1 Å². The summed E-state index contributed by atoms with van der Waals surface area (Å²) in [6.07, 6.45) is 5.07. The van der Waals surface area contributed by atoms with Crippen LogP contribution in [-0.4, -0.2) is 18.0 Å². The number of hydrogen-bond donors (Lipinski definition) is 2. The molecule has 1 saturated carbocycles. The third kappa shape index (κ3) is 4.66. The molecule has 1 amide bonds. The Labute approximate surface area is 106 Å². The Morgan fingerprint density at radius 3 is 2.59 bits per heavy atom. The van der Waals surface area contributed by atoms with Crippen molar-refractivity contribution in [1.82, 2.24) is 5.32 Å².